The van der Waals surface area contributed by atoms with Crippen molar-refractivity contribution in [2.45, 2.75) is 103 Å². The monoisotopic (exact) mass is 1090 g/mol. The van der Waals surface area contributed by atoms with Crippen molar-refractivity contribution < 1.29 is 46.6 Å². The predicted octanol–water partition coefficient (Wildman–Crippen LogP) is 9.35. The van der Waals surface area contributed by atoms with Crippen LogP contribution in [0.15, 0.2) is 65.0 Å². The van der Waals surface area contributed by atoms with E-state index in [0.29, 0.717) is 54.0 Å². The number of allylic oxidation sites excluding steroid dienone is 2. The van der Waals surface area contributed by atoms with Crippen molar-refractivity contribution in [3.8, 4) is 17.0 Å². The number of hydrogen-bond acceptors (Lipinski definition) is 11. The molecule has 0 saturated carbocycles. The minimum absolute atomic E-state index is 0. The summed E-state index contributed by atoms with van der Waals surface area (Å²) in [7, 11) is 2.51. The molecular weight excluding hydrogens is 1030 g/mol. The van der Waals surface area contributed by atoms with E-state index in [-0.39, 0.29) is 106 Å². The standard InChI is InChI=1S/C49H53F3N8O7S.4H2S/c1-24(2)41(56-48(63)65-5)45(61)58-13-7-9-35(58)32-17-29(21-53-32)26-11-12-34-28(15-26)19-37-40-31(50)16-27(20-38(40)67-47(60(34)37)39-23-55-44(68-39)43(51)52)30-18-33(54-22-30)36-10-8-14-59(36)46(62)42(25(3)4)57-49(64)66-6;;;;/h11-12,15-16,19-25,35-36,41-43,47H,7-10,13-14,17-18H2,1-6H3,(H,56,63)(H,57,64);4*1H2/t35-,36-,41-,42-,47?;;;;/m0..../s1. The van der Waals surface area contributed by atoms with Crippen LogP contribution >= 0.6 is 65.3 Å². The summed E-state index contributed by atoms with van der Waals surface area (Å²) in [5.41, 5.74) is 6.04. The molecule has 9 rings (SSSR count). The lowest BCUT2D eigenvalue weighted by atomic mass is 9.95. The number of amides is 4. The van der Waals surface area contributed by atoms with Crippen LogP contribution in [0.3, 0.4) is 0 Å². The first-order valence-corrected chi connectivity index (χ1v) is 23.7. The van der Waals surface area contributed by atoms with Gasteiger partial charge in [-0.2, -0.15) is 54.0 Å². The van der Waals surface area contributed by atoms with Gasteiger partial charge in [-0.3, -0.25) is 24.1 Å². The number of fused-ring (bicyclic) bond motifs is 5. The Morgan fingerprint density at radius 2 is 1.31 bits per heavy atom. The summed E-state index contributed by atoms with van der Waals surface area (Å²) in [6, 6.07) is 8.83. The first-order chi connectivity index (χ1) is 32.6. The molecule has 390 valence electrons. The summed E-state index contributed by atoms with van der Waals surface area (Å²) < 4.78 is 62.7. The molecule has 0 bridgehead atoms. The van der Waals surface area contributed by atoms with E-state index in [1.165, 1.54) is 26.5 Å². The van der Waals surface area contributed by atoms with Gasteiger partial charge in [-0.1, -0.05) is 33.8 Å². The van der Waals surface area contributed by atoms with Gasteiger partial charge in [0.2, 0.25) is 18.0 Å². The molecule has 4 amide bonds. The Hall–Kier alpha value is -5.10. The van der Waals surface area contributed by atoms with E-state index in [0.717, 1.165) is 64.1 Å². The summed E-state index contributed by atoms with van der Waals surface area (Å²) in [5.74, 6) is -1.09. The first kappa shape index (κ1) is 57.8. The minimum Gasteiger partial charge on any atom is -0.464 e. The number of aliphatic imine (C=N–C) groups is 2. The molecule has 4 aromatic rings. The van der Waals surface area contributed by atoms with Crippen LogP contribution in [0.25, 0.3) is 33.3 Å². The summed E-state index contributed by atoms with van der Waals surface area (Å²) in [5, 5.41) is 5.76. The number of methoxy groups -OCH3 is 2. The Bertz CT molecular complexity index is 2830. The summed E-state index contributed by atoms with van der Waals surface area (Å²) >= 11 is 0.829. The average Bonchev–Trinajstić information content (AvgIpc) is 4.18. The Morgan fingerprint density at radius 3 is 1.81 bits per heavy atom. The lowest BCUT2D eigenvalue weighted by Gasteiger charge is -2.31. The highest BCUT2D eigenvalue weighted by Crippen LogP contribution is 2.48. The zero-order valence-electron chi connectivity index (χ0n) is 40.6. The lowest BCUT2D eigenvalue weighted by Crippen LogP contribution is -2.53. The quantitative estimate of drug-likeness (QED) is 0.142. The Balaban J connectivity index is 0.00000241. The number of alkyl carbamates (subject to hydrolysis) is 2. The van der Waals surface area contributed by atoms with E-state index in [1.54, 1.807) is 22.1 Å². The highest BCUT2D eigenvalue weighted by molar-refractivity contribution is 7.59. The van der Waals surface area contributed by atoms with E-state index in [9.17, 15) is 28.0 Å². The van der Waals surface area contributed by atoms with Gasteiger partial charge in [0.15, 0.2) is 5.01 Å². The lowest BCUT2D eigenvalue weighted by molar-refractivity contribution is -0.134. The normalized spacial score (nSPS) is 19.6. The number of nitrogens with one attached hydrogen (secondary N) is 2. The number of ether oxygens (including phenoxy) is 3. The number of carbonyl (C=O) groups excluding carboxylic acids is 4. The van der Waals surface area contributed by atoms with Crippen LogP contribution in [0.2, 0.25) is 0 Å². The number of hydrogen-bond donors (Lipinski definition) is 2. The van der Waals surface area contributed by atoms with E-state index in [1.807, 2.05) is 62.7 Å². The maximum atomic E-state index is 16.8. The van der Waals surface area contributed by atoms with Crippen LogP contribution < -0.4 is 15.4 Å². The molecule has 15 nitrogen and oxygen atoms in total. The second-order valence-electron chi connectivity index (χ2n) is 18.4. The number of thiazole rings is 1. The molecule has 7 heterocycles. The third kappa shape index (κ3) is 11.0. The smallest absolute Gasteiger partial charge is 0.407 e. The van der Waals surface area contributed by atoms with E-state index in [4.69, 9.17) is 24.2 Å². The number of benzene rings is 2. The van der Waals surface area contributed by atoms with E-state index in [2.05, 4.69) is 15.6 Å². The van der Waals surface area contributed by atoms with Gasteiger partial charge in [-0.05, 0) is 90.1 Å². The van der Waals surface area contributed by atoms with Gasteiger partial charge in [0.1, 0.15) is 23.7 Å². The molecule has 0 aliphatic carbocycles. The molecular formula is C49H61F3N8O7S5. The maximum absolute atomic E-state index is 16.8. The van der Waals surface area contributed by atoms with Crippen LogP contribution in [-0.4, -0.2) is 106 Å². The molecule has 23 heteroatoms. The van der Waals surface area contributed by atoms with E-state index >= 15 is 4.39 Å². The zero-order chi connectivity index (χ0) is 48.1. The molecule has 5 aliphatic heterocycles. The highest BCUT2D eigenvalue weighted by Gasteiger charge is 2.41. The van der Waals surface area contributed by atoms with Gasteiger partial charge in [-0.25, -0.2) is 27.7 Å². The molecule has 2 aromatic heterocycles. The summed E-state index contributed by atoms with van der Waals surface area (Å²) in [4.78, 5) is 69.3. The average molecular weight is 1090 g/mol. The van der Waals surface area contributed by atoms with Crippen LogP contribution in [0.5, 0.6) is 5.75 Å². The van der Waals surface area contributed by atoms with Crippen molar-refractivity contribution in [2.75, 3.05) is 27.3 Å². The van der Waals surface area contributed by atoms with Gasteiger partial charge < -0.3 is 34.6 Å². The van der Waals surface area contributed by atoms with Crippen molar-refractivity contribution in [3.63, 3.8) is 0 Å². The highest BCUT2D eigenvalue weighted by atomic mass is 32.1. The molecule has 0 spiro atoms. The molecule has 2 saturated heterocycles. The Kier molecular flexibility index (Phi) is 19.1. The van der Waals surface area contributed by atoms with Gasteiger partial charge in [0.05, 0.1) is 48.0 Å². The fourth-order valence-corrected chi connectivity index (χ4v) is 10.8. The number of carbonyl (C=O) groups is 4. The maximum Gasteiger partial charge on any atom is 0.407 e. The second kappa shape index (κ2) is 23.8. The Labute approximate surface area is 447 Å². The van der Waals surface area contributed by atoms with Crippen molar-refractivity contribution in [3.05, 3.63) is 81.8 Å². The number of aromatic nitrogens is 2. The van der Waals surface area contributed by atoms with E-state index < -0.39 is 42.7 Å². The van der Waals surface area contributed by atoms with Crippen LogP contribution in [0.1, 0.15) is 99.9 Å². The van der Waals surface area contributed by atoms with Crippen molar-refractivity contribution in [1.29, 1.82) is 0 Å². The number of halogens is 3. The number of rotatable bonds is 12. The van der Waals surface area contributed by atoms with Gasteiger partial charge in [-0.15, -0.1) is 11.3 Å². The number of alkyl halides is 2. The van der Waals surface area contributed by atoms with Crippen LogP contribution in [-0.2, 0) is 19.1 Å². The molecule has 72 heavy (non-hydrogen) atoms. The zero-order valence-corrected chi connectivity index (χ0v) is 45.4. The molecule has 2 N–H and O–H groups in total. The summed E-state index contributed by atoms with van der Waals surface area (Å²) in [6.07, 6.45) is 3.58. The SMILES string of the molecule is COC(=O)N[C@H](C(=O)N1CCC[C@H]1C1=NC=C(c2cc(F)c3c(c2)OC(c2cnc(C(F)F)s2)n2c-3cc3cc(C4=CN=C([C@@H]5CCCN5C(=O)[C@@H](NC(=O)OC)C(C)C)C4)ccc32)C1)C(C)C.S.S.S.S. The first-order valence-electron chi connectivity index (χ1n) is 22.9. The minimum atomic E-state index is -2.79. The van der Waals surface area contributed by atoms with Gasteiger partial charge in [0.25, 0.3) is 6.43 Å². The third-order valence-corrected chi connectivity index (χ3v) is 14.5. The van der Waals surface area contributed by atoms with Crippen LogP contribution in [0.4, 0.5) is 22.8 Å². The molecule has 0 radical (unpaired) electrons. The van der Waals surface area contributed by atoms with Crippen molar-refractivity contribution >= 4 is 123 Å². The molecule has 5 aliphatic rings. The third-order valence-electron chi connectivity index (χ3n) is 13.5. The fraction of sp³-hybridized carbons (Fsp3) is 0.449. The largest absolute Gasteiger partial charge is 0.464 e. The fourth-order valence-electron chi connectivity index (χ4n) is 10.0. The van der Waals surface area contributed by atoms with Crippen molar-refractivity contribution in [2.24, 2.45) is 21.8 Å². The Morgan fingerprint density at radius 1 is 0.764 bits per heavy atom. The van der Waals surface area contributed by atoms with Crippen molar-refractivity contribution in [1.82, 2.24) is 30.0 Å². The van der Waals surface area contributed by atoms with Gasteiger partial charge >= 0.3 is 12.2 Å². The molecule has 1 unspecified atom stereocenters. The molecule has 2 aromatic carbocycles. The number of likely N-dealkylation sites (tertiary alicyclic amines) is 2. The summed E-state index contributed by atoms with van der Waals surface area (Å²) in [6.45, 7) is 8.49. The molecule has 2 fully saturated rings. The van der Waals surface area contributed by atoms with Gasteiger partial charge in [0, 0.05) is 61.3 Å². The predicted molar refractivity (Wildman–Crippen MR) is 293 cm³/mol. The second-order valence-corrected chi connectivity index (χ2v) is 19.5. The number of nitrogens with zero attached hydrogens (tertiary/aromatic N) is 6. The molecule has 5 atom stereocenters. The van der Waals surface area contributed by atoms with Crippen LogP contribution in [0, 0.1) is 17.7 Å². The topological polar surface area (TPSA) is 169 Å².